The lowest BCUT2D eigenvalue weighted by molar-refractivity contribution is 0.518. The van der Waals surface area contributed by atoms with Gasteiger partial charge in [0.15, 0.2) is 0 Å². The summed E-state index contributed by atoms with van der Waals surface area (Å²) < 4.78 is 5.23. The normalized spacial score (nSPS) is 10.3. The molecular formula is C12H17N5O. The first kappa shape index (κ1) is 12.2. The fraction of sp³-hybridized carbons (Fsp3) is 0.333. The van der Waals surface area contributed by atoms with Crippen molar-refractivity contribution < 1.29 is 4.42 Å². The van der Waals surface area contributed by atoms with Crippen molar-refractivity contribution >= 4 is 17.6 Å². The van der Waals surface area contributed by atoms with Crippen LogP contribution in [0.25, 0.3) is 0 Å². The first-order valence-corrected chi connectivity index (χ1v) is 5.92. The Bertz CT molecular complexity index is 483. The zero-order valence-corrected chi connectivity index (χ0v) is 10.3. The Balaban J connectivity index is 2.00. The molecule has 0 saturated carbocycles. The zero-order chi connectivity index (χ0) is 12.8. The average molecular weight is 247 g/mol. The molecule has 0 aliphatic rings. The number of hydrogen-bond donors (Lipinski definition) is 3. The predicted molar refractivity (Wildman–Crippen MR) is 71.3 cm³/mol. The number of aromatic nitrogens is 2. The number of nitrogens with zero attached hydrogens (tertiary/aromatic N) is 2. The van der Waals surface area contributed by atoms with E-state index in [1.165, 1.54) is 0 Å². The number of nitrogens with two attached hydrogens (primary N) is 1. The Kier molecular flexibility index (Phi) is 4.01. The number of nitrogen functional groups attached to an aromatic ring is 1. The largest absolute Gasteiger partial charge is 0.467 e. The van der Waals surface area contributed by atoms with Gasteiger partial charge < -0.3 is 20.8 Å². The van der Waals surface area contributed by atoms with Gasteiger partial charge in [-0.1, -0.05) is 6.92 Å². The van der Waals surface area contributed by atoms with Gasteiger partial charge in [0.1, 0.15) is 17.4 Å². The first-order chi connectivity index (χ1) is 8.78. The molecule has 0 spiro atoms. The van der Waals surface area contributed by atoms with E-state index in [4.69, 9.17) is 10.2 Å². The topological polar surface area (TPSA) is 89.0 Å². The number of anilines is 3. The van der Waals surface area contributed by atoms with Crippen LogP contribution in [-0.2, 0) is 6.54 Å². The van der Waals surface area contributed by atoms with Gasteiger partial charge in [-0.05, 0) is 18.6 Å². The van der Waals surface area contributed by atoms with Crippen molar-refractivity contribution in [1.29, 1.82) is 0 Å². The molecule has 0 aliphatic heterocycles. The third-order valence-electron chi connectivity index (χ3n) is 2.32. The highest BCUT2D eigenvalue weighted by atomic mass is 16.3. The van der Waals surface area contributed by atoms with Crippen molar-refractivity contribution in [2.45, 2.75) is 19.9 Å². The Morgan fingerprint density at radius 3 is 2.72 bits per heavy atom. The molecule has 0 aromatic carbocycles. The number of rotatable bonds is 6. The minimum Gasteiger partial charge on any atom is -0.467 e. The molecule has 2 heterocycles. The molecule has 0 radical (unpaired) electrons. The second-order valence-corrected chi connectivity index (χ2v) is 3.86. The molecule has 0 unspecified atom stereocenters. The summed E-state index contributed by atoms with van der Waals surface area (Å²) in [6.07, 6.45) is 2.67. The van der Waals surface area contributed by atoms with E-state index in [0.29, 0.717) is 12.4 Å². The standard InChI is InChI=1S/C12H17N5O/c1-2-5-14-10-7-11(17-12(13)16-10)15-8-9-4-3-6-18-9/h3-4,6-7H,2,5,8H2,1H3,(H4,13,14,15,16,17). The van der Waals surface area contributed by atoms with Crippen LogP contribution in [0.2, 0.25) is 0 Å². The summed E-state index contributed by atoms with van der Waals surface area (Å²) in [6.45, 7) is 3.51. The van der Waals surface area contributed by atoms with Crippen LogP contribution in [0.15, 0.2) is 28.9 Å². The molecule has 0 aliphatic carbocycles. The van der Waals surface area contributed by atoms with Crippen molar-refractivity contribution in [2.75, 3.05) is 22.9 Å². The SMILES string of the molecule is CCCNc1cc(NCc2ccco2)nc(N)n1. The molecule has 0 bridgehead atoms. The van der Waals surface area contributed by atoms with Crippen molar-refractivity contribution in [3.8, 4) is 0 Å². The van der Waals surface area contributed by atoms with Crippen LogP contribution in [-0.4, -0.2) is 16.5 Å². The maximum Gasteiger partial charge on any atom is 0.223 e. The maximum absolute atomic E-state index is 5.65. The number of nitrogens with one attached hydrogen (secondary N) is 2. The van der Waals surface area contributed by atoms with E-state index < -0.39 is 0 Å². The second kappa shape index (κ2) is 5.90. The van der Waals surface area contributed by atoms with E-state index in [0.717, 1.165) is 24.5 Å². The number of hydrogen-bond acceptors (Lipinski definition) is 6. The fourth-order valence-corrected chi connectivity index (χ4v) is 1.49. The summed E-state index contributed by atoms with van der Waals surface area (Å²) in [6, 6.07) is 5.57. The molecule has 0 amide bonds. The molecule has 96 valence electrons. The Morgan fingerprint density at radius 1 is 1.28 bits per heavy atom. The third-order valence-corrected chi connectivity index (χ3v) is 2.32. The average Bonchev–Trinajstić information content (AvgIpc) is 2.86. The summed E-state index contributed by atoms with van der Waals surface area (Å²) in [4.78, 5) is 8.22. The summed E-state index contributed by atoms with van der Waals surface area (Å²) in [7, 11) is 0. The lowest BCUT2D eigenvalue weighted by Crippen LogP contribution is -2.08. The third kappa shape index (κ3) is 3.38. The van der Waals surface area contributed by atoms with Gasteiger partial charge in [0.05, 0.1) is 12.8 Å². The van der Waals surface area contributed by atoms with Crippen LogP contribution in [0.1, 0.15) is 19.1 Å². The van der Waals surface area contributed by atoms with Crippen LogP contribution >= 0.6 is 0 Å². The molecular weight excluding hydrogens is 230 g/mol. The van der Waals surface area contributed by atoms with Gasteiger partial charge in [-0.2, -0.15) is 9.97 Å². The molecule has 6 heteroatoms. The van der Waals surface area contributed by atoms with Gasteiger partial charge >= 0.3 is 0 Å². The van der Waals surface area contributed by atoms with Crippen LogP contribution < -0.4 is 16.4 Å². The number of furan rings is 1. The van der Waals surface area contributed by atoms with Crippen molar-refractivity contribution in [1.82, 2.24) is 9.97 Å². The van der Waals surface area contributed by atoms with Gasteiger partial charge in [0, 0.05) is 12.6 Å². The molecule has 6 nitrogen and oxygen atoms in total. The highest BCUT2D eigenvalue weighted by molar-refractivity contribution is 5.51. The van der Waals surface area contributed by atoms with Gasteiger partial charge in [-0.15, -0.1) is 0 Å². The predicted octanol–water partition coefficient (Wildman–Crippen LogP) is 2.09. The summed E-state index contributed by atoms with van der Waals surface area (Å²) in [5.41, 5.74) is 5.65. The van der Waals surface area contributed by atoms with Crippen molar-refractivity contribution in [3.05, 3.63) is 30.2 Å². The quantitative estimate of drug-likeness (QED) is 0.724. The highest BCUT2D eigenvalue weighted by Crippen LogP contribution is 2.13. The molecule has 0 atom stereocenters. The van der Waals surface area contributed by atoms with Crippen LogP contribution in [0, 0.1) is 0 Å². The minimum atomic E-state index is 0.248. The molecule has 2 aromatic rings. The molecule has 0 fully saturated rings. The smallest absolute Gasteiger partial charge is 0.223 e. The Hall–Kier alpha value is -2.24. The molecule has 2 aromatic heterocycles. The van der Waals surface area contributed by atoms with Gasteiger partial charge in [0.25, 0.3) is 0 Å². The fourth-order valence-electron chi connectivity index (χ4n) is 1.49. The van der Waals surface area contributed by atoms with E-state index in [-0.39, 0.29) is 5.95 Å². The maximum atomic E-state index is 5.65. The minimum absolute atomic E-state index is 0.248. The van der Waals surface area contributed by atoms with Gasteiger partial charge in [-0.25, -0.2) is 0 Å². The molecule has 0 saturated heterocycles. The lowest BCUT2D eigenvalue weighted by Gasteiger charge is -2.08. The van der Waals surface area contributed by atoms with E-state index in [9.17, 15) is 0 Å². The van der Waals surface area contributed by atoms with Crippen LogP contribution in [0.5, 0.6) is 0 Å². The Morgan fingerprint density at radius 2 is 2.06 bits per heavy atom. The van der Waals surface area contributed by atoms with Crippen molar-refractivity contribution in [3.63, 3.8) is 0 Å². The van der Waals surface area contributed by atoms with E-state index in [1.807, 2.05) is 18.2 Å². The van der Waals surface area contributed by atoms with Crippen molar-refractivity contribution in [2.24, 2.45) is 0 Å². The Labute approximate surface area is 106 Å². The summed E-state index contributed by atoms with van der Waals surface area (Å²) in [5.74, 6) is 2.50. The summed E-state index contributed by atoms with van der Waals surface area (Å²) in [5, 5.41) is 6.31. The van der Waals surface area contributed by atoms with Crippen LogP contribution in [0.3, 0.4) is 0 Å². The molecule has 2 rings (SSSR count). The van der Waals surface area contributed by atoms with E-state index in [2.05, 4.69) is 27.5 Å². The highest BCUT2D eigenvalue weighted by Gasteiger charge is 2.02. The first-order valence-electron chi connectivity index (χ1n) is 5.92. The summed E-state index contributed by atoms with van der Waals surface area (Å²) >= 11 is 0. The lowest BCUT2D eigenvalue weighted by atomic mass is 10.4. The zero-order valence-electron chi connectivity index (χ0n) is 10.3. The molecule has 18 heavy (non-hydrogen) atoms. The van der Waals surface area contributed by atoms with Gasteiger partial charge in [-0.3, -0.25) is 0 Å². The second-order valence-electron chi connectivity index (χ2n) is 3.86. The van der Waals surface area contributed by atoms with Gasteiger partial charge in [0.2, 0.25) is 5.95 Å². The monoisotopic (exact) mass is 247 g/mol. The van der Waals surface area contributed by atoms with Crippen LogP contribution in [0.4, 0.5) is 17.6 Å². The van der Waals surface area contributed by atoms with E-state index in [1.54, 1.807) is 6.26 Å². The van der Waals surface area contributed by atoms with E-state index >= 15 is 0 Å². The molecule has 4 N–H and O–H groups in total.